The molecule has 3 rings (SSSR count). The lowest BCUT2D eigenvalue weighted by Gasteiger charge is -2.20. The fourth-order valence-corrected chi connectivity index (χ4v) is 3.28. The van der Waals surface area contributed by atoms with Crippen LogP contribution < -0.4 is 4.74 Å². The van der Waals surface area contributed by atoms with E-state index in [-0.39, 0.29) is 5.97 Å². The third kappa shape index (κ3) is 2.93. The van der Waals surface area contributed by atoms with E-state index in [0.717, 1.165) is 17.2 Å². The molecule has 21 heavy (non-hydrogen) atoms. The highest BCUT2D eigenvalue weighted by Gasteiger charge is 2.22. The summed E-state index contributed by atoms with van der Waals surface area (Å²) in [5.74, 6) is 0.409. The van der Waals surface area contributed by atoms with Gasteiger partial charge in [-0.2, -0.15) is 0 Å². The Morgan fingerprint density at radius 1 is 1.29 bits per heavy atom. The number of carbonyl (C=O) groups is 1. The zero-order valence-corrected chi connectivity index (χ0v) is 12.6. The summed E-state index contributed by atoms with van der Waals surface area (Å²) in [7, 11) is 2.19. The second kappa shape index (κ2) is 5.86. The number of benzene rings is 2. The van der Waals surface area contributed by atoms with Gasteiger partial charge >= 0.3 is 5.97 Å². The molecule has 0 bridgehead atoms. The fourth-order valence-electron chi connectivity index (χ4n) is 3.28. The second-order valence-corrected chi connectivity index (χ2v) is 5.85. The van der Waals surface area contributed by atoms with Crippen molar-refractivity contribution in [2.75, 3.05) is 13.6 Å². The van der Waals surface area contributed by atoms with E-state index in [1.165, 1.54) is 31.9 Å². The summed E-state index contributed by atoms with van der Waals surface area (Å²) >= 11 is 0. The Labute approximate surface area is 125 Å². The van der Waals surface area contributed by atoms with E-state index in [1.807, 2.05) is 12.1 Å². The summed E-state index contributed by atoms with van der Waals surface area (Å²) < 4.78 is 5.41. The highest BCUT2D eigenvalue weighted by Crippen LogP contribution is 2.31. The minimum atomic E-state index is -0.268. The molecule has 0 aliphatic carbocycles. The predicted molar refractivity (Wildman–Crippen MR) is 84.6 cm³/mol. The number of carbonyl (C=O) groups excluding carboxylic acids is 1. The van der Waals surface area contributed by atoms with Crippen LogP contribution in [0.1, 0.15) is 25.3 Å². The van der Waals surface area contributed by atoms with Gasteiger partial charge in [0.25, 0.3) is 0 Å². The van der Waals surface area contributed by atoms with Crippen LogP contribution in [0.25, 0.3) is 10.8 Å². The molecule has 1 atom stereocenters. The lowest BCUT2D eigenvalue weighted by atomic mass is 9.97. The van der Waals surface area contributed by atoms with E-state index >= 15 is 0 Å². The first-order chi connectivity index (χ1) is 10.1. The number of hydrogen-bond donors (Lipinski definition) is 0. The van der Waals surface area contributed by atoms with E-state index in [1.54, 1.807) is 0 Å². The molecule has 3 heteroatoms. The van der Waals surface area contributed by atoms with Crippen LogP contribution in [0.3, 0.4) is 0 Å². The normalized spacial score (nSPS) is 19.0. The van der Waals surface area contributed by atoms with Gasteiger partial charge in [0.15, 0.2) is 0 Å². The van der Waals surface area contributed by atoms with Crippen molar-refractivity contribution in [3.8, 4) is 5.75 Å². The molecule has 1 aliphatic rings. The molecule has 0 unspecified atom stereocenters. The van der Waals surface area contributed by atoms with E-state index in [4.69, 9.17) is 4.74 Å². The summed E-state index contributed by atoms with van der Waals surface area (Å²) in [6.07, 6.45) is 3.51. The van der Waals surface area contributed by atoms with Crippen molar-refractivity contribution in [3.63, 3.8) is 0 Å². The Morgan fingerprint density at radius 2 is 2.05 bits per heavy atom. The lowest BCUT2D eigenvalue weighted by Crippen LogP contribution is -2.26. The maximum Gasteiger partial charge on any atom is 0.308 e. The number of ether oxygens (including phenoxy) is 1. The molecule has 2 aromatic carbocycles. The summed E-state index contributed by atoms with van der Waals surface area (Å²) in [5.41, 5.74) is 1.27. The maximum atomic E-state index is 11.3. The Balaban J connectivity index is 2.02. The molecule has 0 N–H and O–H groups in total. The van der Waals surface area contributed by atoms with Crippen molar-refractivity contribution in [1.82, 2.24) is 4.90 Å². The number of fused-ring (bicyclic) bond motifs is 1. The number of hydrogen-bond acceptors (Lipinski definition) is 3. The number of nitrogens with zero attached hydrogens (tertiary/aromatic N) is 1. The first-order valence-electron chi connectivity index (χ1n) is 7.54. The molecule has 0 aromatic heterocycles. The van der Waals surface area contributed by atoms with Crippen LogP contribution in [0, 0.1) is 0 Å². The third-order valence-corrected chi connectivity index (χ3v) is 4.33. The van der Waals surface area contributed by atoms with E-state index < -0.39 is 0 Å². The van der Waals surface area contributed by atoms with Crippen LogP contribution in [-0.4, -0.2) is 30.5 Å². The van der Waals surface area contributed by atoms with Gasteiger partial charge in [0.05, 0.1) is 0 Å². The largest absolute Gasteiger partial charge is 0.426 e. The minimum Gasteiger partial charge on any atom is -0.426 e. The van der Waals surface area contributed by atoms with Gasteiger partial charge in [-0.15, -0.1) is 0 Å². The van der Waals surface area contributed by atoms with Crippen LogP contribution in [-0.2, 0) is 11.2 Å². The minimum absolute atomic E-state index is 0.268. The Morgan fingerprint density at radius 3 is 2.71 bits per heavy atom. The lowest BCUT2D eigenvalue weighted by molar-refractivity contribution is -0.131. The van der Waals surface area contributed by atoms with Gasteiger partial charge in [-0.25, -0.2) is 0 Å². The average Bonchev–Trinajstić information content (AvgIpc) is 2.84. The van der Waals surface area contributed by atoms with Gasteiger partial charge in [-0.3, -0.25) is 4.79 Å². The van der Waals surface area contributed by atoms with Crippen LogP contribution in [0.15, 0.2) is 36.4 Å². The van der Waals surface area contributed by atoms with E-state index in [9.17, 15) is 4.79 Å². The third-order valence-electron chi connectivity index (χ3n) is 4.33. The summed E-state index contributed by atoms with van der Waals surface area (Å²) in [6.45, 7) is 2.62. The second-order valence-electron chi connectivity index (χ2n) is 5.85. The van der Waals surface area contributed by atoms with Crippen molar-refractivity contribution in [3.05, 3.63) is 42.0 Å². The van der Waals surface area contributed by atoms with Crippen LogP contribution in [0.4, 0.5) is 0 Å². The molecule has 3 nitrogen and oxygen atoms in total. The molecular weight excluding hydrogens is 262 g/mol. The van der Waals surface area contributed by atoms with Gasteiger partial charge in [0.1, 0.15) is 5.75 Å². The van der Waals surface area contributed by atoms with E-state index in [2.05, 4.69) is 36.2 Å². The van der Waals surface area contributed by atoms with Gasteiger partial charge in [0.2, 0.25) is 0 Å². The number of likely N-dealkylation sites (tertiary alicyclic amines) is 1. The molecule has 1 heterocycles. The topological polar surface area (TPSA) is 29.5 Å². The van der Waals surface area contributed by atoms with Crippen LogP contribution in [0.5, 0.6) is 5.75 Å². The van der Waals surface area contributed by atoms with Gasteiger partial charge in [0, 0.05) is 18.4 Å². The molecule has 0 spiro atoms. The molecule has 0 saturated carbocycles. The molecular formula is C18H21NO2. The van der Waals surface area contributed by atoms with Crippen molar-refractivity contribution in [2.24, 2.45) is 0 Å². The van der Waals surface area contributed by atoms with Crippen LogP contribution >= 0.6 is 0 Å². The molecule has 110 valence electrons. The highest BCUT2D eigenvalue weighted by molar-refractivity contribution is 5.93. The van der Waals surface area contributed by atoms with Crippen molar-refractivity contribution < 1.29 is 9.53 Å². The first kappa shape index (κ1) is 14.1. The molecule has 1 aliphatic heterocycles. The quantitative estimate of drug-likeness (QED) is 0.638. The standard InChI is InChI=1S/C18H21NO2/c1-13(20)21-17-10-4-7-14-6-3-8-15(18(14)17)12-16-9-5-11-19(16)2/h3-4,6-8,10,16H,5,9,11-12H2,1-2H3/t16-/m1/s1. The first-order valence-corrected chi connectivity index (χ1v) is 7.54. The van der Waals surface area contributed by atoms with Crippen molar-refractivity contribution in [2.45, 2.75) is 32.2 Å². The van der Waals surface area contributed by atoms with Crippen molar-refractivity contribution in [1.29, 1.82) is 0 Å². The number of rotatable bonds is 3. The fraction of sp³-hybridized carbons (Fsp3) is 0.389. The molecule has 0 amide bonds. The Bertz CT molecular complexity index is 660. The van der Waals surface area contributed by atoms with Gasteiger partial charge in [-0.1, -0.05) is 30.3 Å². The molecule has 1 fully saturated rings. The Hall–Kier alpha value is -1.87. The molecule has 1 saturated heterocycles. The summed E-state index contributed by atoms with van der Waals surface area (Å²) in [5, 5.41) is 2.21. The number of likely N-dealkylation sites (N-methyl/N-ethyl adjacent to an activating group) is 1. The highest BCUT2D eigenvalue weighted by atomic mass is 16.5. The molecule has 0 radical (unpaired) electrons. The molecule has 2 aromatic rings. The SMILES string of the molecule is CC(=O)Oc1cccc2cccc(C[C@H]3CCCN3C)c12. The van der Waals surface area contributed by atoms with E-state index in [0.29, 0.717) is 11.8 Å². The zero-order chi connectivity index (χ0) is 14.8. The predicted octanol–water partition coefficient (Wildman–Crippen LogP) is 3.40. The monoisotopic (exact) mass is 283 g/mol. The van der Waals surface area contributed by atoms with Gasteiger partial charge in [-0.05, 0) is 49.9 Å². The Kier molecular flexibility index (Phi) is 3.93. The maximum absolute atomic E-state index is 11.3. The van der Waals surface area contributed by atoms with Crippen molar-refractivity contribution >= 4 is 16.7 Å². The summed E-state index contributed by atoms with van der Waals surface area (Å²) in [6, 6.07) is 12.8. The smallest absolute Gasteiger partial charge is 0.308 e. The zero-order valence-electron chi connectivity index (χ0n) is 12.6. The van der Waals surface area contributed by atoms with Gasteiger partial charge < -0.3 is 9.64 Å². The average molecular weight is 283 g/mol. The summed E-state index contributed by atoms with van der Waals surface area (Å²) in [4.78, 5) is 13.8. The van der Waals surface area contributed by atoms with Crippen LogP contribution in [0.2, 0.25) is 0 Å². The number of esters is 1.